The van der Waals surface area contributed by atoms with Gasteiger partial charge in [0.2, 0.25) is 0 Å². The number of rotatable bonds is 4. The number of anilines is 3. The highest BCUT2D eigenvalue weighted by Crippen LogP contribution is 2.30. The predicted molar refractivity (Wildman–Crippen MR) is 103 cm³/mol. The van der Waals surface area contributed by atoms with Crippen LogP contribution < -0.4 is 26.3 Å². The maximum Gasteiger partial charge on any atom is 0.417 e. The first-order valence-corrected chi connectivity index (χ1v) is 7.93. The molecule has 0 radical (unpaired) electrons. The average Bonchev–Trinajstić information content (AvgIpc) is 2.62. The summed E-state index contributed by atoms with van der Waals surface area (Å²) >= 11 is 0. The van der Waals surface area contributed by atoms with Crippen molar-refractivity contribution in [3.05, 3.63) is 66.7 Å². The number of benzene rings is 3. The molecule has 3 aromatic rings. The summed E-state index contributed by atoms with van der Waals surface area (Å²) in [5, 5.41) is 2.68. The van der Waals surface area contributed by atoms with Crippen LogP contribution in [-0.4, -0.2) is 13.2 Å². The number of para-hydroxylation sites is 1. The maximum atomic E-state index is 12.1. The lowest BCUT2D eigenvalue weighted by Gasteiger charge is -2.11. The standard InChI is InChI=1S/C20H19N3O3/c1-25-16-6-8-17(9-7-16)26-20(24)23-15-11-13(10-14(21)12-15)18-4-2-3-5-19(18)22/h2-12H,21-22H2,1H3,(H,23,24). The fourth-order valence-corrected chi connectivity index (χ4v) is 2.53. The van der Waals surface area contributed by atoms with Crippen molar-refractivity contribution < 1.29 is 14.3 Å². The Kier molecular flexibility index (Phi) is 4.94. The van der Waals surface area contributed by atoms with Crippen LogP contribution >= 0.6 is 0 Å². The van der Waals surface area contributed by atoms with Crippen molar-refractivity contribution in [1.29, 1.82) is 0 Å². The van der Waals surface area contributed by atoms with Crippen LogP contribution in [-0.2, 0) is 0 Å². The van der Waals surface area contributed by atoms with Gasteiger partial charge in [0.1, 0.15) is 11.5 Å². The molecule has 0 unspecified atom stereocenters. The zero-order valence-corrected chi connectivity index (χ0v) is 14.2. The SMILES string of the molecule is COc1ccc(OC(=O)Nc2cc(N)cc(-c3ccccc3N)c2)cc1. The van der Waals surface area contributed by atoms with Gasteiger partial charge >= 0.3 is 6.09 Å². The van der Waals surface area contributed by atoms with Crippen LogP contribution in [0.1, 0.15) is 0 Å². The number of carbonyl (C=O) groups is 1. The Balaban J connectivity index is 1.77. The first-order valence-electron chi connectivity index (χ1n) is 7.93. The maximum absolute atomic E-state index is 12.1. The molecule has 0 aliphatic rings. The molecule has 0 saturated carbocycles. The van der Waals surface area contributed by atoms with Gasteiger partial charge in [-0.2, -0.15) is 0 Å². The Labute approximate surface area is 151 Å². The predicted octanol–water partition coefficient (Wildman–Crippen LogP) is 4.14. The summed E-state index contributed by atoms with van der Waals surface area (Å²) in [4.78, 5) is 12.1. The number of carbonyl (C=O) groups excluding carboxylic acids is 1. The number of nitrogens with one attached hydrogen (secondary N) is 1. The monoisotopic (exact) mass is 349 g/mol. The van der Waals surface area contributed by atoms with Gasteiger partial charge < -0.3 is 20.9 Å². The minimum Gasteiger partial charge on any atom is -0.497 e. The molecule has 6 nitrogen and oxygen atoms in total. The van der Waals surface area contributed by atoms with Gasteiger partial charge in [-0.1, -0.05) is 18.2 Å². The van der Waals surface area contributed by atoms with Crippen molar-refractivity contribution in [3.8, 4) is 22.6 Å². The van der Waals surface area contributed by atoms with E-state index in [0.717, 1.165) is 11.1 Å². The Hall–Kier alpha value is -3.67. The molecule has 3 rings (SSSR count). The van der Waals surface area contributed by atoms with Crippen LogP contribution in [0.4, 0.5) is 21.9 Å². The summed E-state index contributed by atoms with van der Waals surface area (Å²) in [6.45, 7) is 0. The normalized spacial score (nSPS) is 10.2. The molecule has 3 aromatic carbocycles. The molecule has 0 spiro atoms. The average molecular weight is 349 g/mol. The van der Waals surface area contributed by atoms with Crippen molar-refractivity contribution in [2.45, 2.75) is 0 Å². The summed E-state index contributed by atoms with van der Waals surface area (Å²) in [6.07, 6.45) is -0.618. The van der Waals surface area contributed by atoms with Crippen molar-refractivity contribution >= 4 is 23.2 Å². The van der Waals surface area contributed by atoms with Crippen molar-refractivity contribution in [1.82, 2.24) is 0 Å². The zero-order valence-electron chi connectivity index (χ0n) is 14.2. The molecule has 26 heavy (non-hydrogen) atoms. The number of ether oxygens (including phenoxy) is 2. The number of nitrogens with two attached hydrogens (primary N) is 2. The Morgan fingerprint density at radius 3 is 2.31 bits per heavy atom. The summed E-state index contributed by atoms with van der Waals surface area (Å²) in [6, 6.07) is 19.4. The highest BCUT2D eigenvalue weighted by Gasteiger charge is 2.09. The summed E-state index contributed by atoms with van der Waals surface area (Å²) in [5.74, 6) is 1.08. The van der Waals surface area contributed by atoms with Crippen molar-refractivity contribution in [2.24, 2.45) is 0 Å². The molecule has 0 aromatic heterocycles. The van der Waals surface area contributed by atoms with E-state index in [0.29, 0.717) is 28.6 Å². The van der Waals surface area contributed by atoms with E-state index < -0.39 is 6.09 Å². The first kappa shape index (κ1) is 17.2. The van der Waals surface area contributed by atoms with Crippen LogP contribution in [0.2, 0.25) is 0 Å². The lowest BCUT2D eigenvalue weighted by molar-refractivity contribution is 0.215. The fourth-order valence-electron chi connectivity index (χ4n) is 2.53. The highest BCUT2D eigenvalue weighted by molar-refractivity contribution is 5.89. The minimum absolute atomic E-state index is 0.403. The molecular weight excluding hydrogens is 330 g/mol. The third-order valence-electron chi connectivity index (χ3n) is 3.74. The first-order chi connectivity index (χ1) is 12.5. The molecular formula is C20H19N3O3. The van der Waals surface area contributed by atoms with E-state index in [1.807, 2.05) is 24.3 Å². The number of amides is 1. The molecule has 0 saturated heterocycles. The molecule has 132 valence electrons. The van der Waals surface area contributed by atoms with Crippen LogP contribution in [0.15, 0.2) is 66.7 Å². The second-order valence-corrected chi connectivity index (χ2v) is 5.62. The Morgan fingerprint density at radius 2 is 1.62 bits per heavy atom. The van der Waals surface area contributed by atoms with E-state index in [-0.39, 0.29) is 0 Å². The lowest BCUT2D eigenvalue weighted by atomic mass is 10.0. The van der Waals surface area contributed by atoms with E-state index in [4.69, 9.17) is 20.9 Å². The third-order valence-corrected chi connectivity index (χ3v) is 3.74. The van der Waals surface area contributed by atoms with Gasteiger partial charge in [0.25, 0.3) is 0 Å². The second kappa shape index (κ2) is 7.48. The molecule has 6 heteroatoms. The summed E-state index contributed by atoms with van der Waals surface area (Å²) < 4.78 is 10.3. The van der Waals surface area contributed by atoms with E-state index in [1.165, 1.54) is 0 Å². The van der Waals surface area contributed by atoms with Gasteiger partial charge in [-0.15, -0.1) is 0 Å². The largest absolute Gasteiger partial charge is 0.497 e. The van der Waals surface area contributed by atoms with E-state index in [2.05, 4.69) is 5.32 Å². The van der Waals surface area contributed by atoms with Crippen molar-refractivity contribution in [2.75, 3.05) is 23.9 Å². The van der Waals surface area contributed by atoms with Crippen LogP contribution in [0.5, 0.6) is 11.5 Å². The van der Waals surface area contributed by atoms with Gasteiger partial charge in [-0.05, 0) is 54.1 Å². The number of hydrogen-bond donors (Lipinski definition) is 3. The fraction of sp³-hybridized carbons (Fsp3) is 0.0500. The smallest absolute Gasteiger partial charge is 0.417 e. The number of methoxy groups -OCH3 is 1. The topological polar surface area (TPSA) is 99.6 Å². The lowest BCUT2D eigenvalue weighted by Crippen LogP contribution is -2.16. The van der Waals surface area contributed by atoms with Crippen LogP contribution in [0.3, 0.4) is 0 Å². The molecule has 0 atom stereocenters. The third kappa shape index (κ3) is 4.05. The van der Waals surface area contributed by atoms with Gasteiger partial charge in [0.05, 0.1) is 7.11 Å². The van der Waals surface area contributed by atoms with Gasteiger partial charge in [-0.25, -0.2) is 4.79 Å². The molecule has 0 heterocycles. The minimum atomic E-state index is -0.618. The Bertz CT molecular complexity index is 924. The molecule has 0 bridgehead atoms. The Morgan fingerprint density at radius 1 is 0.923 bits per heavy atom. The highest BCUT2D eigenvalue weighted by atomic mass is 16.6. The molecule has 0 aliphatic carbocycles. The van der Waals surface area contributed by atoms with Gasteiger partial charge in [-0.3, -0.25) is 5.32 Å². The molecule has 1 amide bonds. The molecule has 0 aliphatic heterocycles. The van der Waals surface area contributed by atoms with Gasteiger partial charge in [0, 0.05) is 22.6 Å². The molecule has 5 N–H and O–H groups in total. The van der Waals surface area contributed by atoms with E-state index in [9.17, 15) is 4.79 Å². The van der Waals surface area contributed by atoms with Crippen LogP contribution in [0, 0.1) is 0 Å². The van der Waals surface area contributed by atoms with Crippen LogP contribution in [0.25, 0.3) is 11.1 Å². The number of nitrogen functional groups attached to an aromatic ring is 2. The van der Waals surface area contributed by atoms with Crippen molar-refractivity contribution in [3.63, 3.8) is 0 Å². The van der Waals surface area contributed by atoms with Gasteiger partial charge in [0.15, 0.2) is 0 Å². The van der Waals surface area contributed by atoms with E-state index >= 15 is 0 Å². The second-order valence-electron chi connectivity index (χ2n) is 5.62. The quantitative estimate of drug-likeness (QED) is 0.615. The zero-order chi connectivity index (χ0) is 18.5. The number of hydrogen-bond acceptors (Lipinski definition) is 5. The molecule has 0 fully saturated rings. The summed E-state index contributed by atoms with van der Waals surface area (Å²) in [5.41, 5.74) is 15.3. The van der Waals surface area contributed by atoms with E-state index in [1.54, 1.807) is 49.6 Å². The summed E-state index contributed by atoms with van der Waals surface area (Å²) in [7, 11) is 1.57.